The molecule has 0 saturated carbocycles. The number of amides is 1. The Morgan fingerprint density at radius 1 is 1.07 bits per heavy atom. The van der Waals surface area contributed by atoms with Crippen molar-refractivity contribution in [3.05, 3.63) is 58.9 Å². The predicted octanol–water partition coefficient (Wildman–Crippen LogP) is 3.92. The Bertz CT molecular complexity index is 820. The number of hydrogen-bond donors (Lipinski definition) is 1. The van der Waals surface area contributed by atoms with Gasteiger partial charge < -0.3 is 15.0 Å². The molecular weight excluding hydrogens is 371 g/mol. The lowest BCUT2D eigenvalue weighted by molar-refractivity contribution is -0.116. The highest BCUT2D eigenvalue weighted by Crippen LogP contribution is 2.34. The number of halogens is 2. The van der Waals surface area contributed by atoms with Crippen LogP contribution in [-0.2, 0) is 9.53 Å². The Morgan fingerprint density at radius 3 is 2.48 bits per heavy atom. The molecule has 0 spiro atoms. The normalized spacial score (nSPS) is 14.1. The lowest BCUT2D eigenvalue weighted by Crippen LogP contribution is -2.37. The Labute approximate surface area is 162 Å². The van der Waals surface area contributed by atoms with Crippen LogP contribution in [0, 0.1) is 5.82 Å². The molecule has 0 aromatic heterocycles. The minimum absolute atomic E-state index is 0.0330. The van der Waals surface area contributed by atoms with E-state index in [1.54, 1.807) is 18.2 Å². The first-order valence-corrected chi connectivity index (χ1v) is 9.12. The van der Waals surface area contributed by atoms with E-state index in [0.717, 1.165) is 5.69 Å². The molecule has 142 valence electrons. The van der Waals surface area contributed by atoms with E-state index in [0.29, 0.717) is 42.6 Å². The van der Waals surface area contributed by atoms with Gasteiger partial charge in [-0.3, -0.25) is 9.59 Å². The standard InChI is InChI=1S/C20H20ClFN2O3/c21-16-2-1-3-17(20(16)24-10-12-27-13-11-24)23-19(26)9-8-18(25)14-4-6-15(22)7-5-14/h1-7H,8-13H2,(H,23,26). The molecule has 1 amide bonds. The summed E-state index contributed by atoms with van der Waals surface area (Å²) in [6, 6.07) is 10.6. The van der Waals surface area contributed by atoms with Gasteiger partial charge in [-0.15, -0.1) is 0 Å². The maximum Gasteiger partial charge on any atom is 0.224 e. The quantitative estimate of drug-likeness (QED) is 0.759. The van der Waals surface area contributed by atoms with Gasteiger partial charge in [0.25, 0.3) is 0 Å². The zero-order valence-corrected chi connectivity index (χ0v) is 15.5. The summed E-state index contributed by atoms with van der Waals surface area (Å²) in [6.45, 7) is 2.58. The fourth-order valence-corrected chi connectivity index (χ4v) is 3.24. The molecule has 1 saturated heterocycles. The van der Waals surface area contributed by atoms with Crippen molar-refractivity contribution >= 4 is 34.7 Å². The van der Waals surface area contributed by atoms with Crippen molar-refractivity contribution in [3.8, 4) is 0 Å². The van der Waals surface area contributed by atoms with Gasteiger partial charge in [0.1, 0.15) is 5.82 Å². The Balaban J connectivity index is 1.63. The van der Waals surface area contributed by atoms with Gasteiger partial charge in [-0.1, -0.05) is 17.7 Å². The molecule has 0 aliphatic carbocycles. The predicted molar refractivity (Wildman–Crippen MR) is 103 cm³/mol. The summed E-state index contributed by atoms with van der Waals surface area (Å²) in [5.74, 6) is -0.882. The number of hydrogen-bond acceptors (Lipinski definition) is 4. The number of ketones is 1. The van der Waals surface area contributed by atoms with Crippen LogP contribution in [0.3, 0.4) is 0 Å². The lowest BCUT2D eigenvalue weighted by atomic mass is 10.1. The zero-order chi connectivity index (χ0) is 19.2. The van der Waals surface area contributed by atoms with Gasteiger partial charge >= 0.3 is 0 Å². The first-order chi connectivity index (χ1) is 13.0. The Morgan fingerprint density at radius 2 is 1.78 bits per heavy atom. The molecule has 27 heavy (non-hydrogen) atoms. The van der Waals surface area contributed by atoms with Crippen molar-refractivity contribution in [1.82, 2.24) is 0 Å². The average Bonchev–Trinajstić information content (AvgIpc) is 2.67. The van der Waals surface area contributed by atoms with Crippen molar-refractivity contribution in [1.29, 1.82) is 0 Å². The van der Waals surface area contributed by atoms with E-state index in [2.05, 4.69) is 10.2 Å². The second-order valence-corrected chi connectivity index (χ2v) is 6.62. The number of Topliss-reactive ketones (excluding diaryl/α,β-unsaturated/α-hetero) is 1. The average molecular weight is 391 g/mol. The number of nitrogens with zero attached hydrogens (tertiary/aromatic N) is 1. The molecule has 0 bridgehead atoms. The van der Waals surface area contributed by atoms with Crippen LogP contribution >= 0.6 is 11.6 Å². The van der Waals surface area contributed by atoms with Gasteiger partial charge in [0.2, 0.25) is 5.91 Å². The van der Waals surface area contributed by atoms with Crippen LogP contribution in [0.2, 0.25) is 5.02 Å². The van der Waals surface area contributed by atoms with Gasteiger partial charge in [0, 0.05) is 31.5 Å². The minimum Gasteiger partial charge on any atom is -0.378 e. The molecule has 3 rings (SSSR count). The van der Waals surface area contributed by atoms with E-state index in [4.69, 9.17) is 16.3 Å². The third kappa shape index (κ3) is 5.05. The highest BCUT2D eigenvalue weighted by Gasteiger charge is 2.19. The molecule has 1 N–H and O–H groups in total. The number of morpholine rings is 1. The van der Waals surface area contributed by atoms with E-state index in [-0.39, 0.29) is 24.5 Å². The zero-order valence-electron chi connectivity index (χ0n) is 14.7. The number of carbonyl (C=O) groups is 2. The van der Waals surface area contributed by atoms with Crippen molar-refractivity contribution in [2.75, 3.05) is 36.5 Å². The SMILES string of the molecule is O=C(CCC(=O)c1ccc(F)cc1)Nc1cccc(Cl)c1N1CCOCC1. The van der Waals surface area contributed by atoms with Gasteiger partial charge in [0.15, 0.2) is 5.78 Å². The molecule has 0 radical (unpaired) electrons. The van der Waals surface area contributed by atoms with Crippen molar-refractivity contribution in [2.45, 2.75) is 12.8 Å². The third-order valence-electron chi connectivity index (χ3n) is 4.33. The van der Waals surface area contributed by atoms with Crippen LogP contribution in [0.25, 0.3) is 0 Å². The van der Waals surface area contributed by atoms with Crippen molar-refractivity contribution in [2.24, 2.45) is 0 Å². The van der Waals surface area contributed by atoms with E-state index in [1.165, 1.54) is 24.3 Å². The fraction of sp³-hybridized carbons (Fsp3) is 0.300. The van der Waals surface area contributed by atoms with E-state index >= 15 is 0 Å². The van der Waals surface area contributed by atoms with Crippen LogP contribution < -0.4 is 10.2 Å². The molecule has 7 heteroatoms. The maximum absolute atomic E-state index is 12.9. The minimum atomic E-state index is -0.402. The number of rotatable bonds is 6. The molecule has 2 aromatic rings. The second kappa shape index (κ2) is 8.97. The Hall–Kier alpha value is -2.44. The maximum atomic E-state index is 12.9. The van der Waals surface area contributed by atoms with Crippen LogP contribution in [0.15, 0.2) is 42.5 Å². The summed E-state index contributed by atoms with van der Waals surface area (Å²) in [5.41, 5.74) is 1.77. The van der Waals surface area contributed by atoms with Crippen LogP contribution in [-0.4, -0.2) is 38.0 Å². The smallest absolute Gasteiger partial charge is 0.224 e. The summed E-state index contributed by atoms with van der Waals surface area (Å²) in [7, 11) is 0. The topological polar surface area (TPSA) is 58.6 Å². The van der Waals surface area contributed by atoms with Gasteiger partial charge in [-0.25, -0.2) is 4.39 Å². The molecule has 1 heterocycles. The van der Waals surface area contributed by atoms with Crippen LogP contribution in [0.4, 0.5) is 15.8 Å². The van der Waals surface area contributed by atoms with Crippen molar-refractivity contribution in [3.63, 3.8) is 0 Å². The van der Waals surface area contributed by atoms with Gasteiger partial charge in [0.05, 0.1) is 29.6 Å². The number of anilines is 2. The first-order valence-electron chi connectivity index (χ1n) is 8.74. The summed E-state index contributed by atoms with van der Waals surface area (Å²) in [6.07, 6.45) is 0.0796. The summed E-state index contributed by atoms with van der Waals surface area (Å²) in [5, 5.41) is 3.40. The Kier molecular flexibility index (Phi) is 6.42. The third-order valence-corrected chi connectivity index (χ3v) is 4.64. The van der Waals surface area contributed by atoms with E-state index in [1.807, 2.05) is 0 Å². The summed E-state index contributed by atoms with van der Waals surface area (Å²) in [4.78, 5) is 26.5. The first kappa shape index (κ1) is 19.3. The number of nitrogens with one attached hydrogen (secondary N) is 1. The summed E-state index contributed by atoms with van der Waals surface area (Å²) >= 11 is 6.35. The van der Waals surface area contributed by atoms with Gasteiger partial charge in [-0.2, -0.15) is 0 Å². The number of carbonyl (C=O) groups excluding carboxylic acids is 2. The molecule has 1 aliphatic heterocycles. The monoisotopic (exact) mass is 390 g/mol. The molecular formula is C20H20ClFN2O3. The number of benzene rings is 2. The molecule has 5 nitrogen and oxygen atoms in total. The van der Waals surface area contributed by atoms with Crippen LogP contribution in [0.1, 0.15) is 23.2 Å². The van der Waals surface area contributed by atoms with Gasteiger partial charge in [-0.05, 0) is 36.4 Å². The highest BCUT2D eigenvalue weighted by atomic mass is 35.5. The molecule has 0 unspecified atom stereocenters. The van der Waals surface area contributed by atoms with E-state index in [9.17, 15) is 14.0 Å². The number of ether oxygens (including phenoxy) is 1. The van der Waals surface area contributed by atoms with E-state index < -0.39 is 5.82 Å². The molecule has 2 aromatic carbocycles. The molecule has 1 fully saturated rings. The molecule has 1 aliphatic rings. The highest BCUT2D eigenvalue weighted by molar-refractivity contribution is 6.34. The summed E-state index contributed by atoms with van der Waals surface area (Å²) < 4.78 is 18.3. The van der Waals surface area contributed by atoms with Crippen LogP contribution in [0.5, 0.6) is 0 Å². The van der Waals surface area contributed by atoms with Crippen molar-refractivity contribution < 1.29 is 18.7 Å². The largest absolute Gasteiger partial charge is 0.378 e. The second-order valence-electron chi connectivity index (χ2n) is 6.21. The molecule has 0 atom stereocenters. The fourth-order valence-electron chi connectivity index (χ4n) is 2.94. The number of para-hydroxylation sites is 1. The lowest BCUT2D eigenvalue weighted by Gasteiger charge is -2.31.